The van der Waals surface area contributed by atoms with Crippen LogP contribution in [0.2, 0.25) is 5.02 Å². The lowest BCUT2D eigenvalue weighted by molar-refractivity contribution is 0.0933. The van der Waals surface area contributed by atoms with Crippen LogP contribution in [0.5, 0.6) is 0 Å². The molecule has 3 aromatic rings. The quantitative estimate of drug-likeness (QED) is 0.798. The van der Waals surface area contributed by atoms with E-state index in [2.05, 4.69) is 20.4 Å². The van der Waals surface area contributed by atoms with Crippen molar-refractivity contribution >= 4 is 28.4 Å². The molecule has 0 aliphatic rings. The molecule has 0 fully saturated rings. The van der Waals surface area contributed by atoms with Gasteiger partial charge in [-0.15, -0.1) is 0 Å². The van der Waals surface area contributed by atoms with Crippen LogP contribution in [0, 0.1) is 0 Å². The predicted octanol–water partition coefficient (Wildman–Crippen LogP) is 2.99. The maximum atomic E-state index is 12.4. The molecule has 0 spiro atoms. The fourth-order valence-electron chi connectivity index (χ4n) is 2.42. The number of benzene rings is 1. The number of carbonyl (C=O) groups is 1. The minimum atomic E-state index is -0.273. The molecule has 118 valence electrons. The van der Waals surface area contributed by atoms with E-state index in [4.69, 9.17) is 11.6 Å². The Hall–Kier alpha value is -2.47. The van der Waals surface area contributed by atoms with Crippen LogP contribution in [0.15, 0.2) is 36.7 Å². The van der Waals surface area contributed by atoms with Crippen LogP contribution < -0.4 is 5.32 Å². The number of aromatic nitrogens is 4. The molecule has 0 saturated heterocycles. The topological polar surface area (TPSA) is 72.7 Å². The number of carbonyl (C=O) groups excluding carboxylic acids is 1. The second-order valence-corrected chi connectivity index (χ2v) is 5.54. The highest BCUT2D eigenvalue weighted by Gasteiger charge is 2.17. The summed E-state index contributed by atoms with van der Waals surface area (Å²) in [6.07, 6.45) is 1.48. The van der Waals surface area contributed by atoms with Gasteiger partial charge in [0.1, 0.15) is 17.8 Å². The van der Waals surface area contributed by atoms with Gasteiger partial charge in [0.15, 0.2) is 0 Å². The summed E-state index contributed by atoms with van der Waals surface area (Å²) < 4.78 is 1.75. The molecule has 1 atom stereocenters. The Kier molecular flexibility index (Phi) is 4.25. The maximum Gasteiger partial charge on any atom is 0.270 e. The summed E-state index contributed by atoms with van der Waals surface area (Å²) in [4.78, 5) is 21.0. The zero-order chi connectivity index (χ0) is 16.4. The number of para-hydroxylation sites is 1. The van der Waals surface area contributed by atoms with E-state index < -0.39 is 0 Å². The molecule has 0 radical (unpaired) electrons. The molecule has 1 aromatic carbocycles. The van der Waals surface area contributed by atoms with Gasteiger partial charge in [0, 0.05) is 11.9 Å². The van der Waals surface area contributed by atoms with Gasteiger partial charge in [-0.05, 0) is 26.0 Å². The van der Waals surface area contributed by atoms with Crippen LogP contribution in [0.25, 0.3) is 10.9 Å². The highest BCUT2D eigenvalue weighted by molar-refractivity contribution is 6.35. The van der Waals surface area contributed by atoms with Gasteiger partial charge < -0.3 is 5.32 Å². The summed E-state index contributed by atoms with van der Waals surface area (Å²) in [5.41, 5.74) is 0.936. The van der Waals surface area contributed by atoms with Crippen molar-refractivity contribution in [2.45, 2.75) is 26.4 Å². The molecule has 7 heteroatoms. The number of halogens is 1. The molecule has 23 heavy (non-hydrogen) atoms. The van der Waals surface area contributed by atoms with Crippen molar-refractivity contribution in [1.29, 1.82) is 0 Å². The van der Waals surface area contributed by atoms with Crippen molar-refractivity contribution < 1.29 is 4.79 Å². The number of fused-ring (bicyclic) bond motifs is 1. The number of amides is 1. The number of rotatable bonds is 4. The molecular weight excluding hydrogens is 314 g/mol. The molecule has 0 aliphatic carbocycles. The van der Waals surface area contributed by atoms with Gasteiger partial charge in [-0.2, -0.15) is 5.10 Å². The third-order valence-corrected chi connectivity index (χ3v) is 3.89. The molecule has 6 nitrogen and oxygen atoms in total. The van der Waals surface area contributed by atoms with Crippen molar-refractivity contribution in [1.82, 2.24) is 25.1 Å². The molecule has 0 bridgehead atoms. The third-order valence-electron chi connectivity index (χ3n) is 3.58. The van der Waals surface area contributed by atoms with Gasteiger partial charge in [0.25, 0.3) is 5.91 Å². The van der Waals surface area contributed by atoms with Crippen molar-refractivity contribution in [2.75, 3.05) is 0 Å². The fourth-order valence-corrected chi connectivity index (χ4v) is 2.65. The smallest absolute Gasteiger partial charge is 0.270 e. The first kappa shape index (κ1) is 15.4. The minimum Gasteiger partial charge on any atom is -0.341 e. The van der Waals surface area contributed by atoms with E-state index in [-0.39, 0.29) is 11.9 Å². The summed E-state index contributed by atoms with van der Waals surface area (Å²) in [5, 5.41) is 8.42. The first-order valence-corrected chi connectivity index (χ1v) is 7.71. The fraction of sp³-hybridized carbons (Fsp3) is 0.250. The highest BCUT2D eigenvalue weighted by Crippen LogP contribution is 2.21. The molecule has 0 unspecified atom stereocenters. The lowest BCUT2D eigenvalue weighted by atomic mass is 10.2. The number of nitrogens with zero attached hydrogens (tertiary/aromatic N) is 4. The summed E-state index contributed by atoms with van der Waals surface area (Å²) in [5.74, 6) is 0.435. The van der Waals surface area contributed by atoms with E-state index in [1.54, 1.807) is 16.8 Å². The number of hydrogen-bond acceptors (Lipinski definition) is 4. The van der Waals surface area contributed by atoms with E-state index in [1.165, 1.54) is 6.33 Å². The Balaban J connectivity index is 1.84. The van der Waals surface area contributed by atoms with Crippen LogP contribution in [0.3, 0.4) is 0 Å². The number of aryl methyl sites for hydroxylation is 1. The Bertz CT molecular complexity index is 861. The first-order valence-electron chi connectivity index (χ1n) is 7.34. The average Bonchev–Trinajstić information content (AvgIpc) is 3.03. The normalized spacial score (nSPS) is 12.3. The van der Waals surface area contributed by atoms with Crippen LogP contribution in [0.4, 0.5) is 0 Å². The molecule has 3 rings (SSSR count). The summed E-state index contributed by atoms with van der Waals surface area (Å²) in [6.45, 7) is 4.53. The molecule has 0 aliphatic heterocycles. The zero-order valence-corrected chi connectivity index (χ0v) is 13.6. The highest BCUT2D eigenvalue weighted by atomic mass is 35.5. The standard InChI is InChI=1S/C16H16ClN5O/c1-3-22-15(18-9-19-22)10(2)20-16(23)13-8-7-11-5-4-6-12(17)14(11)21-13/h4-10H,3H2,1-2H3,(H,20,23)/t10-/m1/s1. The zero-order valence-electron chi connectivity index (χ0n) is 12.8. The third kappa shape index (κ3) is 3.03. The van der Waals surface area contributed by atoms with Gasteiger partial charge in [0.05, 0.1) is 16.6 Å². The SMILES string of the molecule is CCn1ncnc1[C@@H](C)NC(=O)c1ccc2cccc(Cl)c2n1. The van der Waals surface area contributed by atoms with Gasteiger partial charge >= 0.3 is 0 Å². The van der Waals surface area contributed by atoms with E-state index in [9.17, 15) is 4.79 Å². The number of nitrogens with one attached hydrogen (secondary N) is 1. The van der Waals surface area contributed by atoms with Gasteiger partial charge in [-0.3, -0.25) is 4.79 Å². The Labute approximate surface area is 138 Å². The Morgan fingerprint density at radius 3 is 2.96 bits per heavy atom. The molecular formula is C16H16ClN5O. The van der Waals surface area contributed by atoms with E-state index in [0.29, 0.717) is 28.6 Å². The summed E-state index contributed by atoms with van der Waals surface area (Å²) >= 11 is 6.14. The van der Waals surface area contributed by atoms with Crippen LogP contribution in [0.1, 0.15) is 36.2 Å². The molecule has 2 heterocycles. The minimum absolute atomic E-state index is 0.270. The molecule has 2 aromatic heterocycles. The van der Waals surface area contributed by atoms with Crippen LogP contribution >= 0.6 is 11.6 Å². The van der Waals surface area contributed by atoms with Crippen molar-refractivity contribution in [3.8, 4) is 0 Å². The number of pyridine rings is 1. The van der Waals surface area contributed by atoms with Gasteiger partial charge in [0.2, 0.25) is 0 Å². The summed E-state index contributed by atoms with van der Waals surface area (Å²) in [7, 11) is 0. The Morgan fingerprint density at radius 2 is 2.17 bits per heavy atom. The number of hydrogen-bond donors (Lipinski definition) is 1. The lowest BCUT2D eigenvalue weighted by Gasteiger charge is -2.14. The second-order valence-electron chi connectivity index (χ2n) is 5.14. The largest absolute Gasteiger partial charge is 0.341 e. The van der Waals surface area contributed by atoms with Crippen LogP contribution in [-0.4, -0.2) is 25.7 Å². The second kappa shape index (κ2) is 6.34. The first-order chi connectivity index (χ1) is 11.1. The molecule has 0 saturated carbocycles. The maximum absolute atomic E-state index is 12.4. The van der Waals surface area contributed by atoms with Crippen molar-refractivity contribution in [3.63, 3.8) is 0 Å². The molecule has 1 N–H and O–H groups in total. The molecule has 1 amide bonds. The van der Waals surface area contributed by atoms with Crippen molar-refractivity contribution in [3.05, 3.63) is 53.2 Å². The summed E-state index contributed by atoms with van der Waals surface area (Å²) in [6, 6.07) is 8.76. The Morgan fingerprint density at radius 1 is 1.35 bits per heavy atom. The van der Waals surface area contributed by atoms with Gasteiger partial charge in [-0.1, -0.05) is 29.8 Å². The van der Waals surface area contributed by atoms with E-state index in [0.717, 1.165) is 5.39 Å². The van der Waals surface area contributed by atoms with Gasteiger partial charge in [-0.25, -0.2) is 14.6 Å². The lowest BCUT2D eigenvalue weighted by Crippen LogP contribution is -2.29. The van der Waals surface area contributed by atoms with Crippen LogP contribution in [-0.2, 0) is 6.54 Å². The van der Waals surface area contributed by atoms with Crippen molar-refractivity contribution in [2.24, 2.45) is 0 Å². The predicted molar refractivity (Wildman–Crippen MR) is 88.3 cm³/mol. The van der Waals surface area contributed by atoms with E-state index in [1.807, 2.05) is 32.0 Å². The average molecular weight is 330 g/mol. The van der Waals surface area contributed by atoms with E-state index >= 15 is 0 Å². The monoisotopic (exact) mass is 329 g/mol.